The number of hydrogen-bond acceptors (Lipinski definition) is 2. The first-order valence-electron chi connectivity index (χ1n) is 9.86. The average Bonchev–Trinajstić information content (AvgIpc) is 3.26. The van der Waals surface area contributed by atoms with Crippen LogP contribution in [0.2, 0.25) is 5.02 Å². The summed E-state index contributed by atoms with van der Waals surface area (Å²) in [5.74, 6) is 0.798. The Balaban J connectivity index is 0.00000320. The Kier molecular flexibility index (Phi) is 9.71. The van der Waals surface area contributed by atoms with Gasteiger partial charge in [-0.05, 0) is 48.2 Å². The molecule has 1 heterocycles. The molecule has 2 aromatic rings. The molecule has 0 aromatic heterocycles. The van der Waals surface area contributed by atoms with Crippen molar-refractivity contribution in [3.8, 4) is 0 Å². The van der Waals surface area contributed by atoms with E-state index in [-0.39, 0.29) is 30.0 Å². The number of benzene rings is 2. The Morgan fingerprint density at radius 3 is 2.50 bits per heavy atom. The molecule has 1 fully saturated rings. The molecule has 0 bridgehead atoms. The van der Waals surface area contributed by atoms with Gasteiger partial charge in [0.05, 0.1) is 0 Å². The monoisotopic (exact) mass is 541 g/mol. The zero-order valence-corrected chi connectivity index (χ0v) is 20.5. The number of hydrogen-bond donors (Lipinski definition) is 2. The summed E-state index contributed by atoms with van der Waals surface area (Å²) >= 11 is 5.96. The van der Waals surface area contributed by atoms with E-state index in [9.17, 15) is 4.79 Å². The maximum atomic E-state index is 12.3. The van der Waals surface area contributed by atoms with Crippen LogP contribution in [-0.4, -0.2) is 49.0 Å². The first-order chi connectivity index (χ1) is 14.0. The number of carbonyl (C=O) groups is 1. The fraction of sp³-hybridized carbons (Fsp3) is 0.364. The third-order valence-corrected chi connectivity index (χ3v) is 5.18. The third kappa shape index (κ3) is 7.05. The van der Waals surface area contributed by atoms with Crippen molar-refractivity contribution in [2.75, 3.05) is 32.5 Å². The Bertz CT molecular complexity index is 853. The number of halogens is 2. The van der Waals surface area contributed by atoms with Crippen molar-refractivity contribution >= 4 is 53.3 Å². The van der Waals surface area contributed by atoms with Crippen LogP contribution in [0.4, 0.5) is 10.5 Å². The molecule has 2 amide bonds. The highest BCUT2D eigenvalue weighted by molar-refractivity contribution is 14.0. The van der Waals surface area contributed by atoms with Crippen LogP contribution in [0.25, 0.3) is 0 Å². The molecule has 0 atom stereocenters. The number of nitrogens with one attached hydrogen (secondary N) is 2. The molecule has 6 nitrogen and oxygen atoms in total. The van der Waals surface area contributed by atoms with Gasteiger partial charge in [0.25, 0.3) is 0 Å². The summed E-state index contributed by atoms with van der Waals surface area (Å²) in [6.07, 6.45) is 2.17. The number of nitrogens with zero attached hydrogens (tertiary/aromatic N) is 3. The van der Waals surface area contributed by atoms with Crippen molar-refractivity contribution in [1.29, 1.82) is 0 Å². The van der Waals surface area contributed by atoms with Crippen molar-refractivity contribution < 1.29 is 4.79 Å². The van der Waals surface area contributed by atoms with Gasteiger partial charge < -0.3 is 20.4 Å². The normalized spacial score (nSPS) is 13.6. The number of amides is 2. The quantitative estimate of drug-likeness (QED) is 0.325. The number of rotatable bonds is 5. The Labute approximate surface area is 200 Å². The zero-order chi connectivity index (χ0) is 20.6. The van der Waals surface area contributed by atoms with Crippen molar-refractivity contribution in [1.82, 2.24) is 15.1 Å². The van der Waals surface area contributed by atoms with Gasteiger partial charge >= 0.3 is 6.03 Å². The highest BCUT2D eigenvalue weighted by Gasteiger charge is 2.17. The topological polar surface area (TPSA) is 60.0 Å². The average molecular weight is 542 g/mol. The minimum atomic E-state index is -0.0221. The SMILES string of the molecule is CN=C(NCc1cccc(NC(=O)N2CCCC2)c1)N(C)Cc1ccc(Cl)cc1.I. The highest BCUT2D eigenvalue weighted by Crippen LogP contribution is 2.15. The van der Waals surface area contributed by atoms with Crippen LogP contribution in [0.5, 0.6) is 0 Å². The molecule has 8 heteroatoms. The van der Waals surface area contributed by atoms with E-state index in [0.717, 1.165) is 60.3 Å². The first kappa shape index (κ1) is 24.3. The van der Waals surface area contributed by atoms with Gasteiger partial charge in [-0.1, -0.05) is 35.9 Å². The van der Waals surface area contributed by atoms with Crippen LogP contribution in [-0.2, 0) is 13.1 Å². The van der Waals surface area contributed by atoms with Crippen LogP contribution >= 0.6 is 35.6 Å². The van der Waals surface area contributed by atoms with Crippen molar-refractivity contribution in [2.24, 2.45) is 4.99 Å². The second-order valence-electron chi connectivity index (χ2n) is 7.21. The van der Waals surface area contributed by atoms with Crippen LogP contribution < -0.4 is 10.6 Å². The first-order valence-corrected chi connectivity index (χ1v) is 10.2. The van der Waals surface area contributed by atoms with E-state index in [1.54, 1.807) is 7.05 Å². The van der Waals surface area contributed by atoms with Crippen LogP contribution in [0.1, 0.15) is 24.0 Å². The number of aliphatic imine (C=N–C) groups is 1. The van der Waals surface area contributed by atoms with Gasteiger partial charge in [-0.15, -0.1) is 24.0 Å². The fourth-order valence-electron chi connectivity index (χ4n) is 3.39. The Morgan fingerprint density at radius 2 is 1.83 bits per heavy atom. The molecule has 0 spiro atoms. The highest BCUT2D eigenvalue weighted by atomic mass is 127. The lowest BCUT2D eigenvalue weighted by atomic mass is 10.2. The molecule has 2 aromatic carbocycles. The predicted molar refractivity (Wildman–Crippen MR) is 135 cm³/mol. The Hall–Kier alpha value is -2.00. The molecule has 1 aliphatic rings. The fourth-order valence-corrected chi connectivity index (χ4v) is 3.51. The molecule has 1 aliphatic heterocycles. The number of urea groups is 1. The van der Waals surface area contributed by atoms with Gasteiger partial charge in [0.1, 0.15) is 0 Å². The lowest BCUT2D eigenvalue weighted by molar-refractivity contribution is 0.222. The molecule has 0 unspecified atom stereocenters. The summed E-state index contributed by atoms with van der Waals surface area (Å²) in [6, 6.07) is 15.7. The summed E-state index contributed by atoms with van der Waals surface area (Å²) in [4.78, 5) is 20.6. The van der Waals surface area contributed by atoms with E-state index in [2.05, 4.69) is 20.5 Å². The van der Waals surface area contributed by atoms with Gasteiger partial charge in [0.2, 0.25) is 0 Å². The van der Waals surface area contributed by atoms with Gasteiger partial charge in [0, 0.05) is 51.0 Å². The molecule has 162 valence electrons. The zero-order valence-electron chi connectivity index (χ0n) is 17.4. The smallest absolute Gasteiger partial charge is 0.321 e. The number of anilines is 1. The molecule has 0 saturated carbocycles. The van der Waals surface area contributed by atoms with E-state index in [0.29, 0.717) is 6.54 Å². The minimum Gasteiger partial charge on any atom is -0.352 e. The molecule has 0 radical (unpaired) electrons. The summed E-state index contributed by atoms with van der Waals surface area (Å²) in [6.45, 7) is 3.01. The molecule has 3 rings (SSSR count). The molecule has 0 aliphatic carbocycles. The van der Waals surface area contributed by atoms with E-state index in [1.165, 1.54) is 0 Å². The van der Waals surface area contributed by atoms with Crippen molar-refractivity contribution in [3.05, 3.63) is 64.7 Å². The molecular weight excluding hydrogens is 513 g/mol. The summed E-state index contributed by atoms with van der Waals surface area (Å²) in [5, 5.41) is 7.11. The van der Waals surface area contributed by atoms with Gasteiger partial charge in [-0.25, -0.2) is 4.79 Å². The second kappa shape index (κ2) is 12.0. The van der Waals surface area contributed by atoms with Crippen molar-refractivity contribution in [3.63, 3.8) is 0 Å². The third-order valence-electron chi connectivity index (χ3n) is 4.93. The molecule has 30 heavy (non-hydrogen) atoms. The van der Waals surface area contributed by atoms with Crippen LogP contribution in [0.3, 0.4) is 0 Å². The maximum absolute atomic E-state index is 12.3. The van der Waals surface area contributed by atoms with Crippen LogP contribution in [0, 0.1) is 0 Å². The minimum absolute atomic E-state index is 0. The number of carbonyl (C=O) groups excluding carboxylic acids is 1. The van der Waals surface area contributed by atoms with E-state index >= 15 is 0 Å². The molecular formula is C22H29ClIN5O. The summed E-state index contributed by atoms with van der Waals surface area (Å²) < 4.78 is 0. The summed E-state index contributed by atoms with van der Waals surface area (Å²) in [5.41, 5.74) is 3.04. The Morgan fingerprint density at radius 1 is 1.13 bits per heavy atom. The van der Waals surface area contributed by atoms with Gasteiger partial charge in [-0.3, -0.25) is 4.99 Å². The standard InChI is InChI=1S/C22H28ClN5O.HI/c1-24-21(27(2)16-17-8-10-19(23)11-9-17)25-15-18-6-5-7-20(14-18)26-22(29)28-12-3-4-13-28;/h5-11,14H,3-4,12-13,15-16H2,1-2H3,(H,24,25)(H,26,29);1H. The second-order valence-corrected chi connectivity index (χ2v) is 7.64. The maximum Gasteiger partial charge on any atom is 0.321 e. The van der Waals surface area contributed by atoms with E-state index in [1.807, 2.05) is 60.5 Å². The van der Waals surface area contributed by atoms with Gasteiger partial charge in [-0.2, -0.15) is 0 Å². The largest absolute Gasteiger partial charge is 0.352 e. The molecule has 1 saturated heterocycles. The van der Waals surface area contributed by atoms with E-state index < -0.39 is 0 Å². The van der Waals surface area contributed by atoms with Crippen molar-refractivity contribution in [2.45, 2.75) is 25.9 Å². The predicted octanol–water partition coefficient (Wildman–Crippen LogP) is 4.79. The lowest BCUT2D eigenvalue weighted by Crippen LogP contribution is -2.38. The summed E-state index contributed by atoms with van der Waals surface area (Å²) in [7, 11) is 3.77. The van der Waals surface area contributed by atoms with Crippen LogP contribution in [0.15, 0.2) is 53.5 Å². The number of likely N-dealkylation sites (tertiary alicyclic amines) is 1. The lowest BCUT2D eigenvalue weighted by Gasteiger charge is -2.22. The van der Waals surface area contributed by atoms with Gasteiger partial charge in [0.15, 0.2) is 5.96 Å². The molecule has 2 N–H and O–H groups in total. The van der Waals surface area contributed by atoms with E-state index in [4.69, 9.17) is 11.6 Å². The number of guanidine groups is 1.